The van der Waals surface area contributed by atoms with Gasteiger partial charge >= 0.3 is 0 Å². The molecule has 98 valence electrons. The number of nitrogens with two attached hydrogens (primary N) is 2. The molecule has 0 spiro atoms. The molecule has 0 aliphatic carbocycles. The fraction of sp³-hybridized carbons (Fsp3) is 0.333. The largest absolute Gasteiger partial charge is 0.396 e. The Morgan fingerprint density at radius 1 is 1.56 bits per heavy atom. The van der Waals surface area contributed by atoms with Gasteiger partial charge in [-0.1, -0.05) is 0 Å². The molecule has 0 radical (unpaired) electrons. The van der Waals surface area contributed by atoms with Gasteiger partial charge < -0.3 is 16.8 Å². The van der Waals surface area contributed by atoms with Gasteiger partial charge in [0.2, 0.25) is 0 Å². The molecule has 0 unspecified atom stereocenters. The van der Waals surface area contributed by atoms with E-state index in [1.54, 1.807) is 0 Å². The molecule has 1 aromatic rings. The van der Waals surface area contributed by atoms with Crippen LogP contribution in [0.4, 0.5) is 10.7 Å². The normalized spacial score (nSPS) is 10.9. The molecule has 7 nitrogen and oxygen atoms in total. The van der Waals surface area contributed by atoms with Crippen LogP contribution in [0.1, 0.15) is 15.2 Å². The smallest absolute Gasteiger partial charge is 0.261 e. The Morgan fingerprint density at radius 3 is 2.61 bits per heavy atom. The van der Waals surface area contributed by atoms with E-state index in [1.807, 2.05) is 6.07 Å². The summed E-state index contributed by atoms with van der Waals surface area (Å²) in [4.78, 5) is 11.1. The van der Waals surface area contributed by atoms with Crippen molar-refractivity contribution in [2.24, 2.45) is 5.73 Å². The molecule has 9 heteroatoms. The van der Waals surface area contributed by atoms with Crippen molar-refractivity contribution < 1.29 is 13.2 Å². The molecule has 1 rings (SSSR count). The van der Waals surface area contributed by atoms with E-state index in [0.717, 1.165) is 17.6 Å². The van der Waals surface area contributed by atoms with Crippen molar-refractivity contribution >= 4 is 37.8 Å². The molecule has 0 saturated heterocycles. The number of nitrogen functional groups attached to an aromatic ring is 1. The third-order valence-electron chi connectivity index (χ3n) is 2.04. The molecule has 1 aromatic heterocycles. The van der Waals surface area contributed by atoms with Crippen LogP contribution in [0.5, 0.6) is 0 Å². The molecule has 5 N–H and O–H groups in total. The minimum Gasteiger partial charge on any atom is -0.396 e. The first-order valence-electron chi connectivity index (χ1n) is 4.80. The molecule has 0 saturated carbocycles. The summed E-state index contributed by atoms with van der Waals surface area (Å²) < 4.78 is 21.9. The van der Waals surface area contributed by atoms with Gasteiger partial charge in [0.05, 0.1) is 11.4 Å². The van der Waals surface area contributed by atoms with Gasteiger partial charge in [-0.05, 0) is 0 Å². The molecule has 18 heavy (non-hydrogen) atoms. The molecule has 0 aliphatic heterocycles. The Balaban J connectivity index is 2.93. The molecule has 1 heterocycles. The predicted octanol–water partition coefficient (Wildman–Crippen LogP) is -0.243. The van der Waals surface area contributed by atoms with E-state index in [0.29, 0.717) is 5.00 Å². The second kappa shape index (κ2) is 5.24. The lowest BCUT2D eigenvalue weighted by molar-refractivity contribution is 0.100. The summed E-state index contributed by atoms with van der Waals surface area (Å²) in [7, 11) is -3.10. The number of anilines is 2. The number of primary amides is 1. The van der Waals surface area contributed by atoms with Gasteiger partial charge in [0, 0.05) is 12.8 Å². The van der Waals surface area contributed by atoms with Crippen LogP contribution in [0.15, 0.2) is 0 Å². The van der Waals surface area contributed by atoms with Crippen molar-refractivity contribution in [3.05, 3.63) is 10.4 Å². The van der Waals surface area contributed by atoms with Crippen molar-refractivity contribution in [1.82, 2.24) is 0 Å². The number of sulfone groups is 1. The Kier molecular flexibility index (Phi) is 4.15. The van der Waals surface area contributed by atoms with Gasteiger partial charge in [-0.15, -0.1) is 11.3 Å². The summed E-state index contributed by atoms with van der Waals surface area (Å²) in [6.45, 7) is 0.131. The fourth-order valence-corrected chi connectivity index (χ4v) is 2.63. The number of carbonyl (C=O) groups excluding carboxylic acids is 1. The second-order valence-corrected chi connectivity index (χ2v) is 6.86. The van der Waals surface area contributed by atoms with E-state index in [9.17, 15) is 13.2 Å². The zero-order valence-electron chi connectivity index (χ0n) is 9.56. The summed E-state index contributed by atoms with van der Waals surface area (Å²) in [6.07, 6.45) is 1.11. The second-order valence-electron chi connectivity index (χ2n) is 3.58. The number of nitrogens with zero attached hydrogens (tertiary/aromatic N) is 1. The monoisotopic (exact) mass is 288 g/mol. The van der Waals surface area contributed by atoms with Crippen molar-refractivity contribution in [3.63, 3.8) is 0 Å². The van der Waals surface area contributed by atoms with Crippen LogP contribution in [0.3, 0.4) is 0 Å². The van der Waals surface area contributed by atoms with Crippen molar-refractivity contribution in [1.29, 1.82) is 5.26 Å². The summed E-state index contributed by atoms with van der Waals surface area (Å²) in [6, 6.07) is 1.85. The number of nitriles is 1. The maximum Gasteiger partial charge on any atom is 0.261 e. The van der Waals surface area contributed by atoms with Crippen LogP contribution in [0.2, 0.25) is 0 Å². The highest BCUT2D eigenvalue weighted by Crippen LogP contribution is 2.34. The lowest BCUT2D eigenvalue weighted by Crippen LogP contribution is -2.13. The topological polar surface area (TPSA) is 139 Å². The van der Waals surface area contributed by atoms with E-state index >= 15 is 0 Å². The Hall–Kier alpha value is -1.79. The third kappa shape index (κ3) is 3.35. The summed E-state index contributed by atoms with van der Waals surface area (Å²) in [5.41, 5.74) is 10.8. The van der Waals surface area contributed by atoms with E-state index in [1.165, 1.54) is 0 Å². The number of amides is 1. The van der Waals surface area contributed by atoms with Crippen LogP contribution in [0.25, 0.3) is 0 Å². The quantitative estimate of drug-likeness (QED) is 0.683. The number of rotatable bonds is 5. The maximum atomic E-state index is 11.1. The minimum absolute atomic E-state index is 0.0249. The van der Waals surface area contributed by atoms with Crippen molar-refractivity contribution in [2.75, 3.05) is 29.6 Å². The number of nitrogens with one attached hydrogen (secondary N) is 1. The molecule has 0 aliphatic rings. The zero-order chi connectivity index (χ0) is 13.9. The maximum absolute atomic E-state index is 11.1. The Morgan fingerprint density at radius 2 is 2.17 bits per heavy atom. The number of thiophene rings is 1. The molecular formula is C9H12N4O3S2. The van der Waals surface area contributed by atoms with Crippen LogP contribution in [0, 0.1) is 11.3 Å². The highest BCUT2D eigenvalue weighted by Gasteiger charge is 2.19. The van der Waals surface area contributed by atoms with Crippen LogP contribution in [-0.2, 0) is 9.84 Å². The third-order valence-corrected chi connectivity index (χ3v) is 4.16. The number of carbonyl (C=O) groups is 1. The molecule has 0 aromatic carbocycles. The lowest BCUT2D eigenvalue weighted by Gasteiger charge is -2.02. The molecular weight excluding hydrogens is 276 g/mol. The van der Waals surface area contributed by atoms with Crippen LogP contribution < -0.4 is 16.8 Å². The minimum atomic E-state index is -3.10. The van der Waals surface area contributed by atoms with Crippen LogP contribution in [-0.4, -0.2) is 32.9 Å². The van der Waals surface area contributed by atoms with E-state index < -0.39 is 15.7 Å². The standard InChI is InChI=1S/C9H12N4O3S2/c1-18(15,16)3-2-13-9-5(4-10)6(11)7(17-9)8(12)14/h13H,2-3,11H2,1H3,(H2,12,14). The Bertz CT molecular complexity index is 612. The van der Waals surface area contributed by atoms with Gasteiger partial charge in [-0.25, -0.2) is 8.42 Å². The van der Waals surface area contributed by atoms with E-state index in [-0.39, 0.29) is 28.4 Å². The summed E-state index contributed by atoms with van der Waals surface area (Å²) in [5, 5.41) is 12.0. The van der Waals surface area contributed by atoms with Crippen LogP contribution >= 0.6 is 11.3 Å². The van der Waals surface area contributed by atoms with Crippen molar-refractivity contribution in [3.8, 4) is 6.07 Å². The highest BCUT2D eigenvalue weighted by atomic mass is 32.2. The van der Waals surface area contributed by atoms with Crippen molar-refractivity contribution in [2.45, 2.75) is 0 Å². The first-order chi connectivity index (χ1) is 8.26. The summed E-state index contributed by atoms with van der Waals surface area (Å²) in [5.74, 6) is -0.799. The average molecular weight is 288 g/mol. The van der Waals surface area contributed by atoms with E-state index in [4.69, 9.17) is 16.7 Å². The molecule has 0 bridgehead atoms. The first kappa shape index (κ1) is 14.3. The molecule has 0 fully saturated rings. The molecule has 0 atom stereocenters. The predicted molar refractivity (Wildman–Crippen MR) is 70.2 cm³/mol. The molecule has 1 amide bonds. The zero-order valence-corrected chi connectivity index (χ0v) is 11.2. The SMILES string of the molecule is CS(=O)(=O)CCNc1sc(C(N)=O)c(N)c1C#N. The average Bonchev–Trinajstić information content (AvgIpc) is 2.53. The number of hydrogen-bond acceptors (Lipinski definition) is 7. The highest BCUT2D eigenvalue weighted by molar-refractivity contribution is 7.90. The van der Waals surface area contributed by atoms with Gasteiger partial charge in [-0.3, -0.25) is 4.79 Å². The lowest BCUT2D eigenvalue weighted by atomic mass is 10.2. The van der Waals surface area contributed by atoms with E-state index in [2.05, 4.69) is 5.32 Å². The summed E-state index contributed by atoms with van der Waals surface area (Å²) >= 11 is 0.941. The van der Waals surface area contributed by atoms with Gasteiger partial charge in [0.1, 0.15) is 31.3 Å². The van der Waals surface area contributed by atoms with Gasteiger partial charge in [-0.2, -0.15) is 5.26 Å². The van der Waals surface area contributed by atoms with Gasteiger partial charge in [0.15, 0.2) is 0 Å². The van der Waals surface area contributed by atoms with Gasteiger partial charge in [0.25, 0.3) is 5.91 Å². The Labute approximate surface area is 108 Å². The first-order valence-corrected chi connectivity index (χ1v) is 7.67. The fourth-order valence-electron chi connectivity index (χ4n) is 1.21. The number of hydrogen-bond donors (Lipinski definition) is 3.